The summed E-state index contributed by atoms with van der Waals surface area (Å²) >= 11 is 0. The summed E-state index contributed by atoms with van der Waals surface area (Å²) < 4.78 is 51.3. The molecule has 1 N–H and O–H groups in total. The first-order valence-corrected chi connectivity index (χ1v) is 8.82. The largest absolute Gasteiger partial charge is 0.467 e. The van der Waals surface area contributed by atoms with E-state index < -0.39 is 35.5 Å². The molecule has 0 aliphatic carbocycles. The number of halogens is 3. The Balaban J connectivity index is 1.79. The highest BCUT2D eigenvalue weighted by molar-refractivity contribution is 5.96. The van der Waals surface area contributed by atoms with Crippen LogP contribution in [0.4, 0.5) is 23.7 Å². The van der Waals surface area contributed by atoms with Gasteiger partial charge in [-0.2, -0.15) is 13.2 Å². The average Bonchev–Trinajstić information content (AvgIpc) is 2.66. The molecule has 1 fully saturated rings. The number of carbonyl (C=O) groups is 2. The number of nitrogens with zero attached hydrogens (tertiary/aromatic N) is 1. The Morgan fingerprint density at radius 2 is 2.00 bits per heavy atom. The molecule has 9 heteroatoms. The molecule has 152 valence electrons. The second-order valence-corrected chi connectivity index (χ2v) is 7.08. The first-order chi connectivity index (χ1) is 13.6. The van der Waals surface area contributed by atoms with Crippen molar-refractivity contribution in [3.8, 4) is 5.75 Å². The number of urea groups is 1. The summed E-state index contributed by atoms with van der Waals surface area (Å²) in [5.41, 5.74) is -1.69. The summed E-state index contributed by atoms with van der Waals surface area (Å²) in [7, 11) is 1.26. The van der Waals surface area contributed by atoms with Crippen LogP contribution in [0.3, 0.4) is 0 Å². The van der Waals surface area contributed by atoms with Crippen LogP contribution >= 0.6 is 0 Å². The number of esters is 1. The first kappa shape index (κ1) is 19.1. The maximum atomic E-state index is 13.5. The Labute approximate surface area is 164 Å². The fourth-order valence-electron chi connectivity index (χ4n) is 3.89. The van der Waals surface area contributed by atoms with E-state index in [1.165, 1.54) is 31.4 Å². The van der Waals surface area contributed by atoms with Gasteiger partial charge in [-0.1, -0.05) is 12.1 Å². The summed E-state index contributed by atoms with van der Waals surface area (Å²) in [5, 5.41) is 2.73. The van der Waals surface area contributed by atoms with Gasteiger partial charge in [0.2, 0.25) is 0 Å². The molecule has 29 heavy (non-hydrogen) atoms. The molecule has 2 aliphatic heterocycles. The first-order valence-electron chi connectivity index (χ1n) is 8.82. The van der Waals surface area contributed by atoms with E-state index in [1.54, 1.807) is 19.1 Å². The molecular weight excluding hydrogens is 389 g/mol. The molecule has 2 aromatic carbocycles. The molecule has 2 bridgehead atoms. The van der Waals surface area contributed by atoms with Crippen LogP contribution in [0.5, 0.6) is 5.75 Å². The highest BCUT2D eigenvalue weighted by atomic mass is 19.4. The number of anilines is 1. The lowest BCUT2D eigenvalue weighted by molar-refractivity contribution is -0.137. The molecule has 2 heterocycles. The Morgan fingerprint density at radius 3 is 2.69 bits per heavy atom. The van der Waals surface area contributed by atoms with Crippen molar-refractivity contribution in [2.24, 2.45) is 0 Å². The second kappa shape index (κ2) is 6.40. The molecule has 0 radical (unpaired) electrons. The number of ether oxygens (including phenoxy) is 2. The van der Waals surface area contributed by atoms with E-state index in [0.717, 1.165) is 11.0 Å². The number of nitrogens with one attached hydrogen (secondary N) is 1. The van der Waals surface area contributed by atoms with Gasteiger partial charge in [-0.3, -0.25) is 4.90 Å². The number of para-hydroxylation sites is 1. The van der Waals surface area contributed by atoms with Gasteiger partial charge in [0.15, 0.2) is 5.72 Å². The predicted molar refractivity (Wildman–Crippen MR) is 96.6 cm³/mol. The van der Waals surface area contributed by atoms with E-state index in [4.69, 9.17) is 9.47 Å². The highest BCUT2D eigenvalue weighted by Gasteiger charge is 2.51. The number of methoxy groups -OCH3 is 1. The maximum Gasteiger partial charge on any atom is 0.418 e. The third-order valence-corrected chi connectivity index (χ3v) is 5.14. The summed E-state index contributed by atoms with van der Waals surface area (Å²) in [4.78, 5) is 25.7. The van der Waals surface area contributed by atoms with E-state index in [0.29, 0.717) is 11.3 Å². The van der Waals surface area contributed by atoms with Gasteiger partial charge in [0.1, 0.15) is 5.75 Å². The van der Waals surface area contributed by atoms with Crippen molar-refractivity contribution in [1.82, 2.24) is 5.32 Å². The standard InChI is InChI=1S/C20H17F3N2O4/c1-19-10-14(12-9-11(17(26)28-2)7-8-16(12)29-19)24-18(27)25(19)15-6-4-3-5-13(15)20(21,22)23/h3-9,14H,10H2,1-2H3,(H,24,27)/t14-,19+/m0/s1. The molecular formula is C20H17F3N2O4. The van der Waals surface area contributed by atoms with Gasteiger partial charge in [-0.25, -0.2) is 9.59 Å². The maximum absolute atomic E-state index is 13.5. The van der Waals surface area contributed by atoms with Crippen molar-refractivity contribution in [2.75, 3.05) is 12.0 Å². The van der Waals surface area contributed by atoms with E-state index in [2.05, 4.69) is 5.32 Å². The molecule has 2 aromatic rings. The number of hydrogen-bond donors (Lipinski definition) is 1. The van der Waals surface area contributed by atoms with Gasteiger partial charge in [-0.15, -0.1) is 0 Å². The topological polar surface area (TPSA) is 67.9 Å². The minimum absolute atomic E-state index is 0.197. The predicted octanol–water partition coefficient (Wildman–Crippen LogP) is 4.26. The molecule has 1 saturated heterocycles. The fraction of sp³-hybridized carbons (Fsp3) is 0.300. The summed E-state index contributed by atoms with van der Waals surface area (Å²) in [5.74, 6) is -0.158. The van der Waals surface area contributed by atoms with Crippen LogP contribution in [0.2, 0.25) is 0 Å². The van der Waals surface area contributed by atoms with Crippen LogP contribution in [0.1, 0.15) is 40.9 Å². The number of carbonyl (C=O) groups excluding carboxylic acids is 2. The molecule has 4 rings (SSSR count). The van der Waals surface area contributed by atoms with Gasteiger partial charge in [0, 0.05) is 12.0 Å². The van der Waals surface area contributed by atoms with Crippen molar-refractivity contribution in [2.45, 2.75) is 31.3 Å². The number of benzene rings is 2. The van der Waals surface area contributed by atoms with Gasteiger partial charge < -0.3 is 14.8 Å². The van der Waals surface area contributed by atoms with E-state index in [9.17, 15) is 22.8 Å². The minimum Gasteiger partial charge on any atom is -0.467 e. The zero-order valence-corrected chi connectivity index (χ0v) is 15.5. The highest BCUT2D eigenvalue weighted by Crippen LogP contribution is 2.48. The molecule has 0 spiro atoms. The second-order valence-electron chi connectivity index (χ2n) is 7.08. The Kier molecular flexibility index (Phi) is 4.21. The zero-order valence-electron chi connectivity index (χ0n) is 15.5. The molecule has 6 nitrogen and oxygen atoms in total. The van der Waals surface area contributed by atoms with Gasteiger partial charge >= 0.3 is 18.2 Å². The summed E-state index contributed by atoms with van der Waals surface area (Å²) in [6, 6.07) is 8.26. The third kappa shape index (κ3) is 3.06. The average molecular weight is 406 g/mol. The molecule has 0 aromatic heterocycles. The van der Waals surface area contributed by atoms with E-state index >= 15 is 0 Å². The quantitative estimate of drug-likeness (QED) is 0.757. The summed E-state index contributed by atoms with van der Waals surface area (Å²) in [6.07, 6.45) is -4.44. The number of hydrogen-bond acceptors (Lipinski definition) is 4. The number of alkyl halides is 3. The molecule has 0 unspecified atom stereocenters. The van der Waals surface area contributed by atoms with E-state index in [1.807, 2.05) is 0 Å². The molecule has 2 amide bonds. The van der Waals surface area contributed by atoms with E-state index in [-0.39, 0.29) is 17.7 Å². The smallest absolute Gasteiger partial charge is 0.418 e. The van der Waals surface area contributed by atoms with Crippen LogP contribution < -0.4 is 15.0 Å². The normalized spacial score (nSPS) is 23.0. The molecule has 0 saturated carbocycles. The number of rotatable bonds is 2. The lowest BCUT2D eigenvalue weighted by Gasteiger charge is -2.51. The Hall–Kier alpha value is -3.23. The SMILES string of the molecule is COC(=O)c1ccc2c(c1)[C@@H]1C[C@@](C)(O2)N(c2ccccc2C(F)(F)F)C(=O)N1. The van der Waals surface area contributed by atoms with Crippen molar-refractivity contribution in [3.05, 3.63) is 59.2 Å². The number of amides is 2. The van der Waals surface area contributed by atoms with Crippen LogP contribution in [0.15, 0.2) is 42.5 Å². The Morgan fingerprint density at radius 1 is 1.28 bits per heavy atom. The fourth-order valence-corrected chi connectivity index (χ4v) is 3.89. The monoisotopic (exact) mass is 406 g/mol. The lowest BCUT2D eigenvalue weighted by Crippen LogP contribution is -2.65. The minimum atomic E-state index is -4.63. The number of fused-ring (bicyclic) bond motifs is 4. The van der Waals surface area contributed by atoms with Crippen molar-refractivity contribution >= 4 is 17.7 Å². The Bertz CT molecular complexity index is 1010. The summed E-state index contributed by atoms with van der Waals surface area (Å²) in [6.45, 7) is 1.57. The molecule has 2 aliphatic rings. The van der Waals surface area contributed by atoms with Crippen molar-refractivity contribution in [1.29, 1.82) is 0 Å². The molecule has 2 atom stereocenters. The van der Waals surface area contributed by atoms with Gasteiger partial charge in [0.25, 0.3) is 0 Å². The van der Waals surface area contributed by atoms with Gasteiger partial charge in [-0.05, 0) is 37.3 Å². The van der Waals surface area contributed by atoms with Gasteiger partial charge in [0.05, 0.1) is 30.0 Å². The lowest BCUT2D eigenvalue weighted by atomic mass is 9.89. The van der Waals surface area contributed by atoms with Crippen LogP contribution in [0.25, 0.3) is 0 Å². The van der Waals surface area contributed by atoms with Crippen LogP contribution in [-0.4, -0.2) is 24.8 Å². The third-order valence-electron chi connectivity index (χ3n) is 5.14. The zero-order chi connectivity index (χ0) is 21.0. The van der Waals surface area contributed by atoms with Crippen LogP contribution in [-0.2, 0) is 10.9 Å². The van der Waals surface area contributed by atoms with Crippen LogP contribution in [0, 0.1) is 0 Å². The van der Waals surface area contributed by atoms with Crippen molar-refractivity contribution < 1.29 is 32.2 Å². The van der Waals surface area contributed by atoms with Crippen molar-refractivity contribution in [3.63, 3.8) is 0 Å².